The van der Waals surface area contributed by atoms with Gasteiger partial charge in [-0.3, -0.25) is 4.98 Å². The number of benzene rings is 1. The van der Waals surface area contributed by atoms with Crippen LogP contribution < -0.4 is 5.32 Å². The summed E-state index contributed by atoms with van der Waals surface area (Å²) in [5, 5.41) is 3.08. The lowest BCUT2D eigenvalue weighted by molar-refractivity contribution is 0.215. The number of nitrogens with zero attached hydrogens (tertiary/aromatic N) is 2. The van der Waals surface area contributed by atoms with Crippen molar-refractivity contribution in [2.24, 2.45) is 0 Å². The number of rotatable bonds is 4. The van der Waals surface area contributed by atoms with Gasteiger partial charge in [-0.1, -0.05) is 43.3 Å². The Balaban J connectivity index is 1.67. The molecule has 1 aromatic carbocycles. The van der Waals surface area contributed by atoms with Gasteiger partial charge in [0.25, 0.3) is 0 Å². The molecule has 2 atom stereocenters. The molecule has 4 heteroatoms. The maximum absolute atomic E-state index is 12.1. The van der Waals surface area contributed by atoms with E-state index in [-0.39, 0.29) is 12.1 Å². The predicted molar refractivity (Wildman–Crippen MR) is 81.8 cm³/mol. The predicted octanol–water partition coefficient (Wildman–Crippen LogP) is 2.78. The van der Waals surface area contributed by atoms with Crippen LogP contribution in [-0.2, 0) is 6.54 Å². The van der Waals surface area contributed by atoms with Crippen molar-refractivity contribution < 1.29 is 4.79 Å². The van der Waals surface area contributed by atoms with Gasteiger partial charge in [-0.15, -0.1) is 0 Å². The van der Waals surface area contributed by atoms with Crippen LogP contribution in [0.3, 0.4) is 0 Å². The van der Waals surface area contributed by atoms with Gasteiger partial charge in [-0.2, -0.15) is 0 Å². The molecule has 4 nitrogen and oxygen atoms in total. The Morgan fingerprint density at radius 2 is 2.00 bits per heavy atom. The zero-order chi connectivity index (χ0) is 14.7. The number of hydrogen-bond acceptors (Lipinski definition) is 2. The number of aromatic nitrogens is 1. The third kappa shape index (κ3) is 3.05. The number of urea groups is 1. The van der Waals surface area contributed by atoms with Gasteiger partial charge < -0.3 is 10.2 Å². The summed E-state index contributed by atoms with van der Waals surface area (Å²) in [6, 6.07) is 16.2. The maximum Gasteiger partial charge on any atom is 0.318 e. The van der Waals surface area contributed by atoms with Crippen LogP contribution in [0.25, 0.3) is 0 Å². The molecule has 0 aliphatic carbocycles. The Hall–Kier alpha value is -2.36. The molecule has 1 N–H and O–H groups in total. The highest BCUT2D eigenvalue weighted by atomic mass is 16.2. The van der Waals surface area contributed by atoms with Crippen molar-refractivity contribution in [3.8, 4) is 0 Å². The molecule has 1 aliphatic heterocycles. The van der Waals surface area contributed by atoms with Crippen LogP contribution in [0, 0.1) is 0 Å². The summed E-state index contributed by atoms with van der Waals surface area (Å²) >= 11 is 0. The van der Waals surface area contributed by atoms with E-state index in [0.29, 0.717) is 19.0 Å². The summed E-state index contributed by atoms with van der Waals surface area (Å²) in [6.07, 6.45) is 1.76. The minimum atomic E-state index is -0.00608. The first-order valence-corrected chi connectivity index (χ1v) is 7.24. The molecule has 1 saturated heterocycles. The van der Waals surface area contributed by atoms with Gasteiger partial charge in [0.1, 0.15) is 0 Å². The van der Waals surface area contributed by atoms with E-state index < -0.39 is 0 Å². The molecule has 1 unspecified atom stereocenters. The lowest BCUT2D eigenvalue weighted by atomic mass is 9.94. The van der Waals surface area contributed by atoms with Crippen molar-refractivity contribution in [3.05, 3.63) is 66.0 Å². The molecule has 2 heterocycles. The summed E-state index contributed by atoms with van der Waals surface area (Å²) in [5.74, 6) is 0.295. The molecule has 1 aliphatic rings. The zero-order valence-electron chi connectivity index (χ0n) is 12.1. The van der Waals surface area contributed by atoms with Gasteiger partial charge in [0, 0.05) is 18.7 Å². The van der Waals surface area contributed by atoms with Crippen LogP contribution in [0.1, 0.15) is 24.1 Å². The van der Waals surface area contributed by atoms with Crippen LogP contribution in [0.5, 0.6) is 0 Å². The van der Waals surface area contributed by atoms with Crippen LogP contribution in [0.2, 0.25) is 0 Å². The number of hydrogen-bond donors (Lipinski definition) is 1. The number of amides is 2. The normalized spacial score (nSPS) is 19.4. The number of pyridine rings is 1. The summed E-state index contributed by atoms with van der Waals surface area (Å²) in [5.41, 5.74) is 2.17. The fourth-order valence-electron chi connectivity index (χ4n) is 2.71. The lowest BCUT2D eigenvalue weighted by Crippen LogP contribution is -2.31. The van der Waals surface area contributed by atoms with Crippen LogP contribution in [0.4, 0.5) is 4.79 Å². The van der Waals surface area contributed by atoms with Crippen molar-refractivity contribution in [2.75, 3.05) is 6.54 Å². The average Bonchev–Trinajstić information content (AvgIpc) is 2.89. The first kappa shape index (κ1) is 13.6. The van der Waals surface area contributed by atoms with Crippen LogP contribution >= 0.6 is 0 Å². The topological polar surface area (TPSA) is 45.2 Å². The molecule has 1 aromatic heterocycles. The van der Waals surface area contributed by atoms with Crippen molar-refractivity contribution in [1.29, 1.82) is 0 Å². The largest absolute Gasteiger partial charge is 0.333 e. The molecule has 108 valence electrons. The summed E-state index contributed by atoms with van der Waals surface area (Å²) in [7, 11) is 0. The minimum Gasteiger partial charge on any atom is -0.333 e. The Bertz CT molecular complexity index is 600. The van der Waals surface area contributed by atoms with Crippen molar-refractivity contribution in [3.63, 3.8) is 0 Å². The molecule has 0 saturated carbocycles. The van der Waals surface area contributed by atoms with Crippen molar-refractivity contribution in [1.82, 2.24) is 15.2 Å². The minimum absolute atomic E-state index is 0.00608. The van der Waals surface area contributed by atoms with Gasteiger partial charge in [0.2, 0.25) is 0 Å². The number of carbonyl (C=O) groups is 1. The number of carbonyl (C=O) groups excluding carboxylic acids is 1. The fourth-order valence-corrected chi connectivity index (χ4v) is 2.71. The molecule has 0 spiro atoms. The number of nitrogens with one attached hydrogen (secondary N) is 1. The smallest absolute Gasteiger partial charge is 0.318 e. The van der Waals surface area contributed by atoms with E-state index in [0.717, 1.165) is 5.69 Å². The maximum atomic E-state index is 12.1. The molecule has 3 rings (SSSR count). The Morgan fingerprint density at radius 3 is 2.71 bits per heavy atom. The van der Waals surface area contributed by atoms with Gasteiger partial charge in [-0.05, 0) is 17.7 Å². The van der Waals surface area contributed by atoms with Gasteiger partial charge in [-0.25, -0.2) is 4.79 Å². The zero-order valence-corrected chi connectivity index (χ0v) is 12.1. The Labute approximate surface area is 124 Å². The quantitative estimate of drug-likeness (QED) is 0.936. The van der Waals surface area contributed by atoms with E-state index in [1.54, 1.807) is 6.20 Å². The van der Waals surface area contributed by atoms with E-state index in [1.165, 1.54) is 5.56 Å². The third-order valence-corrected chi connectivity index (χ3v) is 4.02. The van der Waals surface area contributed by atoms with Crippen molar-refractivity contribution >= 4 is 6.03 Å². The van der Waals surface area contributed by atoms with E-state index in [9.17, 15) is 4.79 Å². The second-order valence-electron chi connectivity index (χ2n) is 5.46. The molecular formula is C17H19N3O. The van der Waals surface area contributed by atoms with Gasteiger partial charge in [0.05, 0.1) is 18.3 Å². The van der Waals surface area contributed by atoms with Crippen LogP contribution in [-0.4, -0.2) is 28.5 Å². The molecule has 1 fully saturated rings. The van der Waals surface area contributed by atoms with Crippen molar-refractivity contribution in [2.45, 2.75) is 25.4 Å². The molecule has 2 amide bonds. The van der Waals surface area contributed by atoms with E-state index in [1.807, 2.05) is 41.3 Å². The Kier molecular flexibility index (Phi) is 3.86. The fraction of sp³-hybridized carbons (Fsp3) is 0.294. The molecule has 21 heavy (non-hydrogen) atoms. The van der Waals surface area contributed by atoms with Crippen LogP contribution in [0.15, 0.2) is 54.7 Å². The van der Waals surface area contributed by atoms with Gasteiger partial charge >= 0.3 is 6.03 Å². The van der Waals surface area contributed by atoms with E-state index in [2.05, 4.69) is 29.4 Å². The SMILES string of the molecule is C[C@@H](c1ccccc1)C1CN(Cc2ccccn2)C(=O)N1. The Morgan fingerprint density at radius 1 is 1.24 bits per heavy atom. The highest BCUT2D eigenvalue weighted by Crippen LogP contribution is 2.23. The summed E-state index contributed by atoms with van der Waals surface area (Å²) < 4.78 is 0. The second-order valence-corrected chi connectivity index (χ2v) is 5.46. The first-order chi connectivity index (χ1) is 10.2. The molecule has 0 radical (unpaired) electrons. The molecule has 2 aromatic rings. The monoisotopic (exact) mass is 281 g/mol. The molecular weight excluding hydrogens is 262 g/mol. The van der Waals surface area contributed by atoms with E-state index in [4.69, 9.17) is 0 Å². The van der Waals surface area contributed by atoms with E-state index >= 15 is 0 Å². The summed E-state index contributed by atoms with van der Waals surface area (Å²) in [6.45, 7) is 3.43. The van der Waals surface area contributed by atoms with Gasteiger partial charge in [0.15, 0.2) is 0 Å². The lowest BCUT2D eigenvalue weighted by Gasteiger charge is -2.19. The highest BCUT2D eigenvalue weighted by Gasteiger charge is 2.32. The molecule has 0 bridgehead atoms. The summed E-state index contributed by atoms with van der Waals surface area (Å²) in [4.78, 5) is 18.2. The highest BCUT2D eigenvalue weighted by molar-refractivity contribution is 5.77. The standard InChI is InChI=1S/C17H19N3O/c1-13(14-7-3-2-4-8-14)16-12-20(17(21)19-16)11-15-9-5-6-10-18-15/h2-10,13,16H,11-12H2,1H3,(H,19,21)/t13-,16?/m0/s1. The second kappa shape index (κ2) is 5.95. The third-order valence-electron chi connectivity index (χ3n) is 4.02. The first-order valence-electron chi connectivity index (χ1n) is 7.24. The average molecular weight is 281 g/mol.